The van der Waals surface area contributed by atoms with Crippen molar-refractivity contribution in [2.24, 2.45) is 0 Å². The van der Waals surface area contributed by atoms with Crippen LogP contribution in [-0.4, -0.2) is 39.4 Å². The van der Waals surface area contributed by atoms with Crippen LogP contribution in [0.4, 0.5) is 0 Å². The van der Waals surface area contributed by atoms with Crippen LogP contribution >= 0.6 is 0 Å². The summed E-state index contributed by atoms with van der Waals surface area (Å²) >= 11 is 0. The predicted molar refractivity (Wildman–Crippen MR) is 131 cm³/mol. The number of rotatable bonds is 6. The highest BCUT2D eigenvalue weighted by molar-refractivity contribution is 6.00. The smallest absolute Gasteiger partial charge is 0.271 e. The van der Waals surface area contributed by atoms with Crippen LogP contribution in [0.1, 0.15) is 61.5 Å². The van der Waals surface area contributed by atoms with Crippen molar-refractivity contribution in [3.8, 4) is 11.5 Å². The van der Waals surface area contributed by atoms with Gasteiger partial charge in [0.2, 0.25) is 5.91 Å². The SMILES string of the molecule is C[C@]1(C(=O)NC2CCCCCC2)Cn2c(ccc2-c2ccco2)C(=O)N1CCc1ccccc1. The first kappa shape index (κ1) is 22.5. The molecule has 1 fully saturated rings. The molecule has 3 aromatic rings. The zero-order chi connectivity index (χ0) is 23.5. The van der Waals surface area contributed by atoms with Gasteiger partial charge in [0, 0.05) is 12.6 Å². The van der Waals surface area contributed by atoms with Crippen molar-refractivity contribution in [2.75, 3.05) is 6.54 Å². The molecular weight excluding hydrogens is 426 g/mol. The maximum atomic E-state index is 13.9. The molecule has 0 bridgehead atoms. The van der Waals surface area contributed by atoms with Gasteiger partial charge in [-0.05, 0) is 56.0 Å². The fourth-order valence-electron chi connectivity index (χ4n) is 5.41. The minimum absolute atomic E-state index is 0.0643. The number of nitrogens with one attached hydrogen (secondary N) is 1. The average molecular weight is 460 g/mol. The Balaban J connectivity index is 1.47. The number of nitrogens with zero attached hydrogens (tertiary/aromatic N) is 2. The van der Waals surface area contributed by atoms with Crippen LogP contribution in [0.15, 0.2) is 65.3 Å². The second kappa shape index (κ2) is 9.53. The van der Waals surface area contributed by atoms with E-state index in [1.165, 1.54) is 12.8 Å². The van der Waals surface area contributed by atoms with Crippen molar-refractivity contribution in [3.05, 3.63) is 72.1 Å². The molecule has 0 saturated heterocycles. The third-order valence-electron chi connectivity index (χ3n) is 7.43. The van der Waals surface area contributed by atoms with Crippen molar-refractivity contribution in [1.82, 2.24) is 14.8 Å². The second-order valence-corrected chi connectivity index (χ2v) is 9.80. The molecule has 0 radical (unpaired) electrons. The third-order valence-corrected chi connectivity index (χ3v) is 7.43. The van der Waals surface area contributed by atoms with E-state index in [1.54, 1.807) is 11.2 Å². The number of aromatic nitrogens is 1. The van der Waals surface area contributed by atoms with Crippen LogP contribution in [0.3, 0.4) is 0 Å². The van der Waals surface area contributed by atoms with Crippen LogP contribution in [0, 0.1) is 0 Å². The molecule has 3 heterocycles. The quantitative estimate of drug-likeness (QED) is 0.525. The van der Waals surface area contributed by atoms with Gasteiger partial charge in [0.1, 0.15) is 17.0 Å². The van der Waals surface area contributed by atoms with Crippen molar-refractivity contribution >= 4 is 11.8 Å². The van der Waals surface area contributed by atoms with Crippen LogP contribution in [0.2, 0.25) is 0 Å². The topological polar surface area (TPSA) is 67.5 Å². The van der Waals surface area contributed by atoms with Crippen molar-refractivity contribution in [1.29, 1.82) is 0 Å². The summed E-state index contributed by atoms with van der Waals surface area (Å²) in [6, 6.07) is 17.8. The molecule has 5 rings (SSSR count). The summed E-state index contributed by atoms with van der Waals surface area (Å²) in [7, 11) is 0. The number of carbonyl (C=O) groups is 2. The number of fused-ring (bicyclic) bond motifs is 1. The second-order valence-electron chi connectivity index (χ2n) is 9.80. The van der Waals surface area contributed by atoms with Gasteiger partial charge in [-0.2, -0.15) is 0 Å². The van der Waals surface area contributed by atoms with Crippen LogP contribution < -0.4 is 5.32 Å². The first-order chi connectivity index (χ1) is 16.6. The summed E-state index contributed by atoms with van der Waals surface area (Å²) in [5.74, 6) is 0.521. The lowest BCUT2D eigenvalue weighted by molar-refractivity contribution is -0.133. The molecule has 1 aromatic carbocycles. The summed E-state index contributed by atoms with van der Waals surface area (Å²) < 4.78 is 7.58. The van der Waals surface area contributed by atoms with Gasteiger partial charge in [-0.3, -0.25) is 9.59 Å². The van der Waals surface area contributed by atoms with Gasteiger partial charge in [0.15, 0.2) is 0 Å². The fourth-order valence-corrected chi connectivity index (χ4v) is 5.41. The number of furan rings is 1. The zero-order valence-electron chi connectivity index (χ0n) is 19.8. The molecular formula is C28H33N3O3. The largest absolute Gasteiger partial charge is 0.463 e. The van der Waals surface area contributed by atoms with Gasteiger partial charge in [0.05, 0.1) is 18.5 Å². The van der Waals surface area contributed by atoms with E-state index in [0.717, 1.165) is 36.9 Å². The Morgan fingerprint density at radius 1 is 1.00 bits per heavy atom. The predicted octanol–water partition coefficient (Wildman–Crippen LogP) is 5.04. The highest BCUT2D eigenvalue weighted by Crippen LogP contribution is 2.34. The van der Waals surface area contributed by atoms with E-state index in [2.05, 4.69) is 17.4 Å². The minimum Gasteiger partial charge on any atom is -0.463 e. The summed E-state index contributed by atoms with van der Waals surface area (Å²) in [6.45, 7) is 2.79. The van der Waals surface area contributed by atoms with Gasteiger partial charge in [-0.1, -0.05) is 56.0 Å². The molecule has 0 spiro atoms. The van der Waals surface area contributed by atoms with Crippen LogP contribution in [-0.2, 0) is 17.8 Å². The number of hydrogen-bond donors (Lipinski definition) is 1. The van der Waals surface area contributed by atoms with E-state index in [4.69, 9.17) is 4.42 Å². The number of amides is 2. The van der Waals surface area contributed by atoms with Crippen LogP contribution in [0.25, 0.3) is 11.5 Å². The van der Waals surface area contributed by atoms with E-state index in [0.29, 0.717) is 31.0 Å². The molecule has 178 valence electrons. The molecule has 34 heavy (non-hydrogen) atoms. The van der Waals surface area contributed by atoms with Crippen LogP contribution in [0.5, 0.6) is 0 Å². The molecule has 2 amide bonds. The highest BCUT2D eigenvalue weighted by atomic mass is 16.3. The molecule has 6 heteroatoms. The molecule has 1 aliphatic carbocycles. The lowest BCUT2D eigenvalue weighted by Gasteiger charge is -2.45. The number of hydrogen-bond acceptors (Lipinski definition) is 3. The van der Waals surface area contributed by atoms with E-state index >= 15 is 0 Å². The number of carbonyl (C=O) groups excluding carboxylic acids is 2. The van der Waals surface area contributed by atoms with E-state index < -0.39 is 5.54 Å². The molecule has 1 saturated carbocycles. The Morgan fingerprint density at radius 2 is 1.74 bits per heavy atom. The molecule has 0 unspecified atom stereocenters. The standard InChI is InChI=1S/C28H33N3O3/c1-28(27(33)29-22-12-7-2-3-8-13-22)20-30-23(25-14-9-19-34-25)15-16-24(30)26(32)31(28)18-17-21-10-5-4-6-11-21/h4-6,9-11,14-16,19,22H,2-3,7-8,12-13,17-18,20H2,1H3,(H,29,33)/t28-/m1/s1. The Bertz CT molecular complexity index is 1130. The maximum absolute atomic E-state index is 13.9. The first-order valence-corrected chi connectivity index (χ1v) is 12.5. The lowest BCUT2D eigenvalue weighted by Crippen LogP contribution is -2.65. The van der Waals surface area contributed by atoms with E-state index in [-0.39, 0.29) is 17.9 Å². The molecule has 1 N–H and O–H groups in total. The molecule has 2 aliphatic rings. The zero-order valence-corrected chi connectivity index (χ0v) is 19.8. The lowest BCUT2D eigenvalue weighted by atomic mass is 9.93. The van der Waals surface area contributed by atoms with Gasteiger partial charge in [-0.15, -0.1) is 0 Å². The fraction of sp³-hybridized carbons (Fsp3) is 0.429. The Hall–Kier alpha value is -3.28. The summed E-state index contributed by atoms with van der Waals surface area (Å²) in [5, 5.41) is 3.33. The monoisotopic (exact) mass is 459 g/mol. The van der Waals surface area contributed by atoms with Crippen molar-refractivity contribution < 1.29 is 14.0 Å². The van der Waals surface area contributed by atoms with Gasteiger partial charge in [-0.25, -0.2) is 0 Å². The minimum atomic E-state index is -0.995. The third kappa shape index (κ3) is 4.29. The van der Waals surface area contributed by atoms with Gasteiger partial charge < -0.3 is 19.2 Å². The number of benzene rings is 1. The summed E-state index contributed by atoms with van der Waals surface area (Å²) in [4.78, 5) is 29.4. The maximum Gasteiger partial charge on any atom is 0.271 e. The van der Waals surface area contributed by atoms with Crippen molar-refractivity contribution in [3.63, 3.8) is 0 Å². The highest BCUT2D eigenvalue weighted by Gasteiger charge is 2.48. The molecule has 6 nitrogen and oxygen atoms in total. The molecule has 1 atom stereocenters. The Kier molecular flexibility index (Phi) is 6.31. The van der Waals surface area contributed by atoms with Crippen molar-refractivity contribution in [2.45, 2.75) is 70.0 Å². The van der Waals surface area contributed by atoms with E-state index in [9.17, 15) is 9.59 Å². The average Bonchev–Trinajstić information content (AvgIpc) is 3.44. The first-order valence-electron chi connectivity index (χ1n) is 12.5. The Morgan fingerprint density at radius 3 is 2.44 bits per heavy atom. The normalized spacial score (nSPS) is 21.2. The summed E-state index contributed by atoms with van der Waals surface area (Å²) in [6.07, 6.45) is 9.08. The van der Waals surface area contributed by atoms with Gasteiger partial charge >= 0.3 is 0 Å². The Labute approximate surface area is 200 Å². The molecule has 1 aliphatic heterocycles. The van der Waals surface area contributed by atoms with Gasteiger partial charge in [0.25, 0.3) is 5.91 Å². The molecule has 2 aromatic heterocycles. The summed E-state index contributed by atoms with van der Waals surface area (Å²) in [5.41, 5.74) is 1.58. The van der Waals surface area contributed by atoms with E-state index in [1.807, 2.05) is 54.0 Å².